The normalized spacial score (nSPS) is 12.0. The summed E-state index contributed by atoms with van der Waals surface area (Å²) >= 11 is 0. The van der Waals surface area contributed by atoms with Crippen LogP contribution in [0.2, 0.25) is 0 Å². The van der Waals surface area contributed by atoms with E-state index in [-0.39, 0.29) is 5.41 Å². The number of hydrogen-bond acceptors (Lipinski definition) is 2. The summed E-state index contributed by atoms with van der Waals surface area (Å²) < 4.78 is 4.57. The van der Waals surface area contributed by atoms with E-state index in [1.165, 1.54) is 33.3 Å². The highest BCUT2D eigenvalue weighted by Gasteiger charge is 2.24. The van der Waals surface area contributed by atoms with Gasteiger partial charge in [0.2, 0.25) is 0 Å². The molecule has 0 aliphatic rings. The maximum absolute atomic E-state index is 10.2. The molecule has 0 bridgehead atoms. The Kier molecular flexibility index (Phi) is 5.57. The molecule has 0 fully saturated rings. The minimum Gasteiger partial charge on any atom is -0.308 e. The third kappa shape index (κ3) is 3.66. The summed E-state index contributed by atoms with van der Waals surface area (Å²) in [5.41, 5.74) is 8.46. The van der Waals surface area contributed by atoms with Crippen molar-refractivity contribution >= 4 is 60.6 Å². The topological polar surface area (TPSA) is 57.5 Å². The molecule has 0 radical (unpaired) electrons. The van der Waals surface area contributed by atoms with Gasteiger partial charge in [0.25, 0.3) is 0 Å². The van der Waals surface area contributed by atoms with Crippen molar-refractivity contribution in [1.82, 2.24) is 9.13 Å². The van der Waals surface area contributed by atoms with Gasteiger partial charge in [0, 0.05) is 33.3 Å². The lowest BCUT2D eigenvalue weighted by atomic mass is 9.86. The van der Waals surface area contributed by atoms with E-state index in [0.717, 1.165) is 44.2 Å². The average molecular weight is 567 g/mol. The zero-order valence-corrected chi connectivity index (χ0v) is 24.9. The molecule has 6 aromatic carbocycles. The lowest BCUT2D eigenvalue weighted by Gasteiger charge is -2.21. The molecule has 0 amide bonds. The van der Waals surface area contributed by atoms with E-state index in [4.69, 9.17) is 5.41 Å². The predicted molar refractivity (Wildman–Crippen MR) is 184 cm³/mol. The number of hydrogen-bond donors (Lipinski definition) is 1. The molecule has 0 spiro atoms. The maximum atomic E-state index is 10.2. The molecule has 0 atom stereocenters. The first-order valence-electron chi connectivity index (χ1n) is 14.9. The standard InChI is InChI=1S/C40H30N4/c1-40(2,3)28-17-19-35-32(22-28)38-29-11-5-4-10-26(29)16-18-36(38)43(35)37-21-25(23-41)20-27(24-42)39(37)44-33-14-8-6-12-30(33)31-13-7-9-15-34(31)44/h4-22,24,42H,1-3H3. The molecule has 8 rings (SSSR count). The molecule has 4 heteroatoms. The Hall–Kier alpha value is -5.66. The molecular weight excluding hydrogens is 536 g/mol. The fourth-order valence-electron chi connectivity index (χ4n) is 6.91. The Labute approximate surface area is 255 Å². The molecule has 44 heavy (non-hydrogen) atoms. The molecule has 1 N–H and O–H groups in total. The number of nitrogens with one attached hydrogen (secondary N) is 1. The van der Waals surface area contributed by atoms with E-state index in [0.29, 0.717) is 11.1 Å². The monoisotopic (exact) mass is 566 g/mol. The van der Waals surface area contributed by atoms with Gasteiger partial charge in [-0.15, -0.1) is 0 Å². The van der Waals surface area contributed by atoms with Crippen molar-refractivity contribution in [2.24, 2.45) is 0 Å². The van der Waals surface area contributed by atoms with Crippen LogP contribution in [0.1, 0.15) is 37.5 Å². The Balaban J connectivity index is 1.61. The highest BCUT2D eigenvalue weighted by Crippen LogP contribution is 2.42. The number of fused-ring (bicyclic) bond motifs is 8. The lowest BCUT2D eigenvalue weighted by Crippen LogP contribution is -2.11. The van der Waals surface area contributed by atoms with Crippen LogP contribution in [-0.4, -0.2) is 15.3 Å². The first-order chi connectivity index (χ1) is 21.4. The second kappa shape index (κ2) is 9.42. The van der Waals surface area contributed by atoms with Crippen LogP contribution in [0.4, 0.5) is 0 Å². The molecule has 0 aliphatic heterocycles. The molecule has 2 heterocycles. The third-order valence-electron chi connectivity index (χ3n) is 8.97. The number of benzene rings is 6. The van der Waals surface area contributed by atoms with E-state index in [2.05, 4.69) is 139 Å². The molecule has 0 saturated heterocycles. The van der Waals surface area contributed by atoms with Crippen LogP contribution in [0.25, 0.3) is 65.8 Å². The van der Waals surface area contributed by atoms with E-state index in [9.17, 15) is 5.26 Å². The van der Waals surface area contributed by atoms with Crippen molar-refractivity contribution in [3.63, 3.8) is 0 Å². The van der Waals surface area contributed by atoms with E-state index >= 15 is 0 Å². The van der Waals surface area contributed by atoms with E-state index in [1.807, 2.05) is 12.1 Å². The maximum Gasteiger partial charge on any atom is 0.0992 e. The summed E-state index contributed by atoms with van der Waals surface area (Å²) in [6.45, 7) is 6.75. The van der Waals surface area contributed by atoms with Gasteiger partial charge >= 0.3 is 0 Å². The summed E-state index contributed by atoms with van der Waals surface area (Å²) in [6.07, 6.45) is 1.38. The van der Waals surface area contributed by atoms with Gasteiger partial charge in [-0.3, -0.25) is 0 Å². The quantitative estimate of drug-likeness (QED) is 0.213. The Morgan fingerprint density at radius 3 is 1.91 bits per heavy atom. The SMILES string of the molecule is CC(C)(C)c1ccc2c(c1)c1c3ccccc3ccc1n2-c1cc(C#N)cc(C=N)c1-n1c2ccccc2c2ccccc21. The number of aromatic nitrogens is 2. The largest absolute Gasteiger partial charge is 0.308 e. The molecular formula is C40H30N4. The number of rotatable bonds is 3. The highest BCUT2D eigenvalue weighted by atomic mass is 15.1. The number of nitriles is 1. The summed E-state index contributed by atoms with van der Waals surface area (Å²) in [4.78, 5) is 0. The molecule has 210 valence electrons. The van der Waals surface area contributed by atoms with Crippen LogP contribution in [0, 0.1) is 16.7 Å². The molecule has 0 saturated carbocycles. The summed E-state index contributed by atoms with van der Waals surface area (Å²) in [5, 5.41) is 25.8. The van der Waals surface area contributed by atoms with Crippen LogP contribution >= 0.6 is 0 Å². The van der Waals surface area contributed by atoms with Gasteiger partial charge in [0.15, 0.2) is 0 Å². The van der Waals surface area contributed by atoms with Gasteiger partial charge < -0.3 is 14.5 Å². The van der Waals surface area contributed by atoms with Crippen LogP contribution in [0.3, 0.4) is 0 Å². The minimum atomic E-state index is -0.0184. The first kappa shape index (κ1) is 26.0. The second-order valence-corrected chi connectivity index (χ2v) is 12.6. The van der Waals surface area contributed by atoms with Crippen molar-refractivity contribution in [3.8, 4) is 17.4 Å². The first-order valence-corrected chi connectivity index (χ1v) is 14.9. The van der Waals surface area contributed by atoms with Gasteiger partial charge in [0.05, 0.1) is 45.1 Å². The van der Waals surface area contributed by atoms with Crippen molar-refractivity contribution < 1.29 is 0 Å². The summed E-state index contributed by atoms with van der Waals surface area (Å²) in [6, 6.07) is 42.8. The predicted octanol–water partition coefficient (Wildman–Crippen LogP) is 10.2. The molecule has 0 unspecified atom stereocenters. The molecule has 4 nitrogen and oxygen atoms in total. The van der Waals surface area contributed by atoms with Crippen molar-refractivity contribution in [2.75, 3.05) is 0 Å². The fourth-order valence-corrected chi connectivity index (χ4v) is 6.91. The van der Waals surface area contributed by atoms with E-state index in [1.54, 1.807) is 0 Å². The summed E-state index contributed by atoms with van der Waals surface area (Å²) in [7, 11) is 0. The fraction of sp³-hybridized carbons (Fsp3) is 0.100. The Bertz CT molecular complexity index is 2460. The highest BCUT2D eigenvalue weighted by molar-refractivity contribution is 6.22. The lowest BCUT2D eigenvalue weighted by molar-refractivity contribution is 0.591. The Morgan fingerprint density at radius 1 is 0.636 bits per heavy atom. The minimum absolute atomic E-state index is 0.0184. The second-order valence-electron chi connectivity index (χ2n) is 12.6. The average Bonchev–Trinajstić information content (AvgIpc) is 3.56. The van der Waals surface area contributed by atoms with Crippen molar-refractivity contribution in [1.29, 1.82) is 10.7 Å². The van der Waals surface area contributed by atoms with Crippen LogP contribution in [0.15, 0.2) is 115 Å². The Morgan fingerprint density at radius 2 is 1.25 bits per heavy atom. The number of para-hydroxylation sites is 2. The van der Waals surface area contributed by atoms with Crippen LogP contribution < -0.4 is 0 Å². The zero-order chi connectivity index (χ0) is 30.2. The third-order valence-corrected chi connectivity index (χ3v) is 8.97. The smallest absolute Gasteiger partial charge is 0.0992 e. The molecule has 2 aromatic heterocycles. The van der Waals surface area contributed by atoms with Crippen LogP contribution in [0.5, 0.6) is 0 Å². The van der Waals surface area contributed by atoms with Gasteiger partial charge in [-0.1, -0.05) is 93.6 Å². The van der Waals surface area contributed by atoms with Gasteiger partial charge in [-0.25, -0.2) is 0 Å². The van der Waals surface area contributed by atoms with Gasteiger partial charge in [0.1, 0.15) is 0 Å². The van der Waals surface area contributed by atoms with Crippen molar-refractivity contribution in [2.45, 2.75) is 26.2 Å². The zero-order valence-electron chi connectivity index (χ0n) is 24.9. The van der Waals surface area contributed by atoms with Gasteiger partial charge in [-0.2, -0.15) is 5.26 Å². The number of nitrogens with zero attached hydrogens (tertiary/aromatic N) is 3. The van der Waals surface area contributed by atoms with Crippen LogP contribution in [-0.2, 0) is 5.41 Å². The summed E-state index contributed by atoms with van der Waals surface area (Å²) in [5.74, 6) is 0. The van der Waals surface area contributed by atoms with Gasteiger partial charge in [-0.05, 0) is 64.2 Å². The molecule has 0 aliphatic carbocycles. The van der Waals surface area contributed by atoms with Crippen molar-refractivity contribution in [3.05, 3.63) is 132 Å². The molecule has 8 aromatic rings. The van der Waals surface area contributed by atoms with E-state index < -0.39 is 0 Å².